The fourth-order valence-electron chi connectivity index (χ4n) is 5.75. The predicted molar refractivity (Wildman–Crippen MR) is 156 cm³/mol. The van der Waals surface area contributed by atoms with E-state index in [9.17, 15) is 0 Å². The molecule has 0 spiro atoms. The molecule has 0 aliphatic heterocycles. The van der Waals surface area contributed by atoms with Gasteiger partial charge in [0.2, 0.25) is 0 Å². The molecule has 0 atom stereocenters. The summed E-state index contributed by atoms with van der Waals surface area (Å²) in [6, 6.07) is 40.4. The van der Waals surface area contributed by atoms with Crippen LogP contribution in [0.1, 0.15) is 0 Å². The number of nitrogens with zero attached hydrogens (tertiary/aromatic N) is 4. The summed E-state index contributed by atoms with van der Waals surface area (Å²) in [6.07, 6.45) is 6.03. The lowest BCUT2D eigenvalue weighted by Gasteiger charge is -2.11. The molecule has 8 rings (SSSR count). The molecular formula is C34H22N4. The average molecular weight is 487 g/mol. The summed E-state index contributed by atoms with van der Waals surface area (Å²) >= 11 is 0. The van der Waals surface area contributed by atoms with E-state index in [-0.39, 0.29) is 0 Å². The van der Waals surface area contributed by atoms with Crippen LogP contribution in [0, 0.1) is 0 Å². The molecule has 0 bridgehead atoms. The lowest BCUT2D eigenvalue weighted by molar-refractivity contribution is 1.08. The zero-order valence-corrected chi connectivity index (χ0v) is 20.5. The van der Waals surface area contributed by atoms with Crippen LogP contribution < -0.4 is 0 Å². The Morgan fingerprint density at radius 2 is 1.08 bits per heavy atom. The molecule has 5 aromatic carbocycles. The Balaban J connectivity index is 1.40. The van der Waals surface area contributed by atoms with Crippen LogP contribution in [-0.4, -0.2) is 19.1 Å². The fourth-order valence-corrected chi connectivity index (χ4v) is 5.75. The van der Waals surface area contributed by atoms with E-state index in [1.54, 1.807) is 0 Å². The number of para-hydroxylation sites is 2. The second kappa shape index (κ2) is 8.15. The van der Waals surface area contributed by atoms with E-state index in [0.717, 1.165) is 28.3 Å². The molecule has 4 nitrogen and oxygen atoms in total. The normalized spacial score (nSPS) is 11.7. The van der Waals surface area contributed by atoms with Crippen LogP contribution in [0.4, 0.5) is 0 Å². The Labute approximate surface area is 219 Å². The number of aromatic nitrogens is 4. The van der Waals surface area contributed by atoms with Gasteiger partial charge in [-0.1, -0.05) is 84.9 Å². The van der Waals surface area contributed by atoms with Crippen LogP contribution in [-0.2, 0) is 0 Å². The van der Waals surface area contributed by atoms with Crippen molar-refractivity contribution in [1.29, 1.82) is 0 Å². The van der Waals surface area contributed by atoms with Gasteiger partial charge in [-0.15, -0.1) is 0 Å². The van der Waals surface area contributed by atoms with Crippen LogP contribution >= 0.6 is 0 Å². The number of hydrogen-bond donors (Lipinski definition) is 0. The van der Waals surface area contributed by atoms with Crippen LogP contribution in [0.5, 0.6) is 0 Å². The summed E-state index contributed by atoms with van der Waals surface area (Å²) in [4.78, 5) is 9.50. The highest BCUT2D eigenvalue weighted by atomic mass is 15.0. The third-order valence-electron chi connectivity index (χ3n) is 7.46. The Bertz CT molecular complexity index is 2100. The van der Waals surface area contributed by atoms with Crippen molar-refractivity contribution in [3.05, 3.63) is 134 Å². The second-order valence-corrected chi connectivity index (χ2v) is 9.56. The summed E-state index contributed by atoms with van der Waals surface area (Å²) in [6.45, 7) is 0. The molecule has 0 fully saturated rings. The first-order chi connectivity index (χ1) is 18.9. The monoisotopic (exact) mass is 486 g/mol. The third-order valence-corrected chi connectivity index (χ3v) is 7.46. The number of benzene rings is 5. The van der Waals surface area contributed by atoms with E-state index in [2.05, 4.69) is 100 Å². The van der Waals surface area contributed by atoms with Crippen molar-refractivity contribution in [1.82, 2.24) is 19.1 Å². The average Bonchev–Trinajstić information content (AvgIpc) is 3.58. The van der Waals surface area contributed by atoms with Gasteiger partial charge >= 0.3 is 0 Å². The van der Waals surface area contributed by atoms with Gasteiger partial charge in [0.15, 0.2) is 5.82 Å². The Kier molecular flexibility index (Phi) is 4.49. The van der Waals surface area contributed by atoms with Gasteiger partial charge in [-0.25, -0.2) is 9.97 Å². The molecule has 8 aromatic rings. The molecule has 0 saturated carbocycles. The second-order valence-electron chi connectivity index (χ2n) is 9.56. The zero-order valence-electron chi connectivity index (χ0n) is 20.5. The molecule has 38 heavy (non-hydrogen) atoms. The first-order valence-electron chi connectivity index (χ1n) is 12.8. The Hall–Kier alpha value is -5.22. The van der Waals surface area contributed by atoms with Crippen molar-refractivity contribution in [3.8, 4) is 22.8 Å². The van der Waals surface area contributed by atoms with Gasteiger partial charge in [0.25, 0.3) is 0 Å². The van der Waals surface area contributed by atoms with Gasteiger partial charge in [0.05, 0.1) is 34.6 Å². The topological polar surface area (TPSA) is 35.6 Å². The highest BCUT2D eigenvalue weighted by Crippen LogP contribution is 2.39. The highest BCUT2D eigenvalue weighted by molar-refractivity contribution is 6.22. The van der Waals surface area contributed by atoms with Crippen molar-refractivity contribution < 1.29 is 0 Å². The van der Waals surface area contributed by atoms with E-state index in [0.29, 0.717) is 0 Å². The van der Waals surface area contributed by atoms with Crippen LogP contribution in [0.25, 0.3) is 66.2 Å². The summed E-state index contributed by atoms with van der Waals surface area (Å²) in [7, 11) is 0. The Morgan fingerprint density at radius 3 is 1.89 bits per heavy atom. The minimum Gasteiger partial charge on any atom is -0.317 e. The van der Waals surface area contributed by atoms with Crippen molar-refractivity contribution in [3.63, 3.8) is 0 Å². The SMILES string of the molecule is c1ccc(-c2ncc(-n3c4ccccc4c4ccc5c6ccn(-c7ccccc7)c6ccc5c43)cn2)cc1. The largest absolute Gasteiger partial charge is 0.317 e. The van der Waals surface area contributed by atoms with E-state index in [1.165, 1.54) is 38.0 Å². The van der Waals surface area contributed by atoms with Crippen LogP contribution in [0.2, 0.25) is 0 Å². The van der Waals surface area contributed by atoms with Gasteiger partial charge < -0.3 is 9.13 Å². The van der Waals surface area contributed by atoms with Crippen LogP contribution in [0.3, 0.4) is 0 Å². The molecule has 3 heterocycles. The van der Waals surface area contributed by atoms with E-state index >= 15 is 0 Å². The van der Waals surface area contributed by atoms with Gasteiger partial charge in [0, 0.05) is 39.0 Å². The predicted octanol–water partition coefficient (Wildman–Crippen LogP) is 8.34. The summed E-state index contributed by atoms with van der Waals surface area (Å²) < 4.78 is 4.56. The molecule has 0 saturated heterocycles. The third kappa shape index (κ3) is 3.04. The van der Waals surface area contributed by atoms with Crippen molar-refractivity contribution >= 4 is 43.5 Å². The molecule has 0 N–H and O–H groups in total. The van der Waals surface area contributed by atoms with E-state index in [4.69, 9.17) is 9.97 Å². The number of rotatable bonds is 3. The molecule has 0 aliphatic rings. The molecule has 0 unspecified atom stereocenters. The first kappa shape index (κ1) is 20.9. The maximum absolute atomic E-state index is 4.75. The molecule has 4 heteroatoms. The summed E-state index contributed by atoms with van der Waals surface area (Å²) in [5, 5.41) is 6.13. The highest BCUT2D eigenvalue weighted by Gasteiger charge is 2.17. The Morgan fingerprint density at radius 1 is 0.447 bits per heavy atom. The molecule has 178 valence electrons. The lowest BCUT2D eigenvalue weighted by atomic mass is 10.0. The van der Waals surface area contributed by atoms with Crippen LogP contribution in [0.15, 0.2) is 134 Å². The molecular weight excluding hydrogens is 464 g/mol. The van der Waals surface area contributed by atoms with Gasteiger partial charge in [0.1, 0.15) is 0 Å². The van der Waals surface area contributed by atoms with Gasteiger partial charge in [-0.05, 0) is 35.7 Å². The molecule has 3 aromatic heterocycles. The van der Waals surface area contributed by atoms with Crippen molar-refractivity contribution in [2.75, 3.05) is 0 Å². The van der Waals surface area contributed by atoms with E-state index in [1.807, 2.05) is 42.7 Å². The summed E-state index contributed by atoms with van der Waals surface area (Å²) in [5.74, 6) is 0.726. The molecule has 0 amide bonds. The van der Waals surface area contributed by atoms with E-state index < -0.39 is 0 Å². The molecule has 0 radical (unpaired) electrons. The maximum Gasteiger partial charge on any atom is 0.159 e. The first-order valence-corrected chi connectivity index (χ1v) is 12.8. The van der Waals surface area contributed by atoms with Crippen molar-refractivity contribution in [2.45, 2.75) is 0 Å². The zero-order chi connectivity index (χ0) is 25.1. The lowest BCUT2D eigenvalue weighted by Crippen LogP contribution is -1.98. The minimum absolute atomic E-state index is 0.726. The smallest absolute Gasteiger partial charge is 0.159 e. The number of hydrogen-bond acceptors (Lipinski definition) is 2. The standard InChI is InChI=1S/C34H22N4/c1-3-9-23(10-4-1)34-35-21-25(22-36-34)38-32-14-8-7-13-27(32)30-16-15-26-28-19-20-37(24-11-5-2-6-12-24)31(28)18-17-29(26)33(30)38/h1-22H. The minimum atomic E-state index is 0.726. The van der Waals surface area contributed by atoms with Gasteiger partial charge in [-0.2, -0.15) is 0 Å². The van der Waals surface area contributed by atoms with Crippen molar-refractivity contribution in [2.24, 2.45) is 0 Å². The van der Waals surface area contributed by atoms with Gasteiger partial charge in [-0.3, -0.25) is 0 Å². The quantitative estimate of drug-likeness (QED) is 0.252. The molecule has 0 aliphatic carbocycles. The fraction of sp³-hybridized carbons (Fsp3) is 0. The summed E-state index contributed by atoms with van der Waals surface area (Å²) in [5.41, 5.74) is 6.64. The number of fused-ring (bicyclic) bond motifs is 7. The maximum atomic E-state index is 4.75.